The lowest BCUT2D eigenvalue weighted by molar-refractivity contribution is 0.571. The Morgan fingerprint density at radius 3 is 2.40 bits per heavy atom. The van der Waals surface area contributed by atoms with Gasteiger partial charge in [0.05, 0.1) is 23.0 Å². The van der Waals surface area contributed by atoms with Crippen LogP contribution in [0, 0.1) is 17.1 Å². The Morgan fingerprint density at radius 2 is 1.84 bits per heavy atom. The summed E-state index contributed by atoms with van der Waals surface area (Å²) in [6, 6.07) is 12.1. The smallest absolute Gasteiger partial charge is 0.267 e. The third-order valence-electron chi connectivity index (χ3n) is 3.58. The van der Waals surface area contributed by atoms with Crippen LogP contribution in [0.2, 0.25) is 0 Å². The number of benzene rings is 2. The number of sulfone groups is 1. The molecule has 1 aromatic heterocycles. The molecule has 0 amide bonds. The van der Waals surface area contributed by atoms with E-state index in [2.05, 4.69) is 0 Å². The van der Waals surface area contributed by atoms with Crippen LogP contribution in [0.25, 0.3) is 16.9 Å². The minimum Gasteiger partial charge on any atom is -0.267 e. The van der Waals surface area contributed by atoms with Crippen molar-refractivity contribution in [3.8, 4) is 23.0 Å². The second-order valence-corrected chi connectivity index (χ2v) is 8.10. The van der Waals surface area contributed by atoms with Crippen LogP contribution in [-0.2, 0) is 9.84 Å². The lowest BCUT2D eigenvalue weighted by Crippen LogP contribution is -2.12. The van der Waals surface area contributed by atoms with Crippen molar-refractivity contribution in [1.82, 2.24) is 4.57 Å². The average Bonchev–Trinajstić information content (AvgIpc) is 2.95. The number of nitriles is 1. The van der Waals surface area contributed by atoms with Gasteiger partial charge in [-0.1, -0.05) is 17.4 Å². The van der Waals surface area contributed by atoms with Gasteiger partial charge in [0.1, 0.15) is 10.7 Å². The fourth-order valence-electron chi connectivity index (χ4n) is 2.40. The molecule has 5 nitrogen and oxygen atoms in total. The van der Waals surface area contributed by atoms with Gasteiger partial charge in [-0.3, -0.25) is 9.36 Å². The molecule has 0 spiro atoms. The SMILES string of the molecule is CS(=O)(=O)c1ccc(-c2csc(=O)n2-c2ccc(C#N)cc2)cc1F. The highest BCUT2D eigenvalue weighted by Crippen LogP contribution is 2.26. The van der Waals surface area contributed by atoms with Gasteiger partial charge in [0.15, 0.2) is 9.84 Å². The quantitative estimate of drug-likeness (QED) is 0.706. The topological polar surface area (TPSA) is 79.9 Å². The summed E-state index contributed by atoms with van der Waals surface area (Å²) in [7, 11) is -3.67. The van der Waals surface area contributed by atoms with Crippen LogP contribution < -0.4 is 4.87 Å². The molecule has 0 atom stereocenters. The predicted molar refractivity (Wildman–Crippen MR) is 93.1 cm³/mol. The van der Waals surface area contributed by atoms with Crippen LogP contribution in [0.3, 0.4) is 0 Å². The first-order chi connectivity index (χ1) is 11.8. The van der Waals surface area contributed by atoms with Gasteiger partial charge in [-0.2, -0.15) is 5.26 Å². The second-order valence-electron chi connectivity index (χ2n) is 5.30. The molecule has 0 aliphatic heterocycles. The summed E-state index contributed by atoms with van der Waals surface area (Å²) in [6.45, 7) is 0. The standard InChI is InChI=1S/C17H11FN2O3S2/c1-25(22,23)16-7-4-12(8-14(16)18)15-10-24-17(21)20(15)13-5-2-11(9-19)3-6-13/h2-8,10H,1H3. The maximum Gasteiger partial charge on any atom is 0.312 e. The predicted octanol–water partition coefficient (Wildman–Crippen LogP) is 2.98. The molecule has 0 aliphatic carbocycles. The number of aromatic nitrogens is 1. The molecule has 0 N–H and O–H groups in total. The lowest BCUT2D eigenvalue weighted by Gasteiger charge is -2.09. The van der Waals surface area contributed by atoms with Crippen molar-refractivity contribution in [2.45, 2.75) is 4.90 Å². The van der Waals surface area contributed by atoms with E-state index >= 15 is 0 Å². The van der Waals surface area contributed by atoms with Gasteiger partial charge in [-0.05, 0) is 36.4 Å². The zero-order chi connectivity index (χ0) is 18.2. The third-order valence-corrected chi connectivity index (χ3v) is 5.43. The van der Waals surface area contributed by atoms with Gasteiger partial charge in [0.25, 0.3) is 0 Å². The Bertz CT molecular complexity index is 1150. The second kappa shape index (κ2) is 6.27. The van der Waals surface area contributed by atoms with E-state index in [4.69, 9.17) is 5.26 Å². The first-order valence-corrected chi connectivity index (χ1v) is 9.79. The van der Waals surface area contributed by atoms with Crippen molar-refractivity contribution in [2.24, 2.45) is 0 Å². The Labute approximate surface area is 147 Å². The number of hydrogen-bond acceptors (Lipinski definition) is 5. The molecule has 0 fully saturated rings. The van der Waals surface area contributed by atoms with E-state index in [9.17, 15) is 17.6 Å². The summed E-state index contributed by atoms with van der Waals surface area (Å²) in [5.41, 5.74) is 1.82. The van der Waals surface area contributed by atoms with E-state index < -0.39 is 20.5 Å². The van der Waals surface area contributed by atoms with E-state index in [0.717, 1.165) is 23.7 Å². The van der Waals surface area contributed by atoms with Crippen LogP contribution in [0.5, 0.6) is 0 Å². The van der Waals surface area contributed by atoms with Crippen LogP contribution in [-0.4, -0.2) is 19.2 Å². The van der Waals surface area contributed by atoms with E-state index in [-0.39, 0.29) is 4.87 Å². The maximum absolute atomic E-state index is 14.2. The molecule has 1 heterocycles. The molecule has 126 valence electrons. The summed E-state index contributed by atoms with van der Waals surface area (Å²) in [6.07, 6.45) is 0.933. The Kier molecular flexibility index (Phi) is 4.29. The molecule has 0 saturated heterocycles. The van der Waals surface area contributed by atoms with Crippen LogP contribution in [0.15, 0.2) is 57.5 Å². The highest BCUT2D eigenvalue weighted by Gasteiger charge is 2.17. The summed E-state index contributed by atoms with van der Waals surface area (Å²) in [5, 5.41) is 10.4. The number of rotatable bonds is 3. The van der Waals surface area contributed by atoms with Crippen molar-refractivity contribution >= 4 is 21.2 Å². The van der Waals surface area contributed by atoms with Gasteiger partial charge < -0.3 is 0 Å². The molecule has 25 heavy (non-hydrogen) atoms. The molecule has 0 unspecified atom stereocenters. The van der Waals surface area contributed by atoms with Gasteiger partial charge in [0.2, 0.25) is 0 Å². The molecule has 3 aromatic rings. The Morgan fingerprint density at radius 1 is 1.16 bits per heavy atom. The van der Waals surface area contributed by atoms with E-state index in [1.54, 1.807) is 29.6 Å². The largest absolute Gasteiger partial charge is 0.312 e. The Hall–Kier alpha value is -2.76. The van der Waals surface area contributed by atoms with E-state index in [0.29, 0.717) is 22.5 Å². The van der Waals surface area contributed by atoms with Crippen molar-refractivity contribution in [1.29, 1.82) is 5.26 Å². The summed E-state index contributed by atoms with van der Waals surface area (Å²) < 4.78 is 38.6. The van der Waals surface area contributed by atoms with Crippen molar-refractivity contribution in [2.75, 3.05) is 6.26 Å². The highest BCUT2D eigenvalue weighted by molar-refractivity contribution is 7.90. The molecule has 0 aliphatic rings. The monoisotopic (exact) mass is 374 g/mol. The van der Waals surface area contributed by atoms with Gasteiger partial charge >= 0.3 is 4.87 Å². The zero-order valence-electron chi connectivity index (χ0n) is 12.9. The lowest BCUT2D eigenvalue weighted by atomic mass is 10.1. The average molecular weight is 374 g/mol. The fourth-order valence-corrected chi connectivity index (χ4v) is 3.89. The van der Waals surface area contributed by atoms with Gasteiger partial charge in [-0.15, -0.1) is 0 Å². The number of nitrogens with zero attached hydrogens (tertiary/aromatic N) is 2. The summed E-state index contributed by atoms with van der Waals surface area (Å²) in [5.74, 6) is -0.870. The molecular weight excluding hydrogens is 363 g/mol. The molecule has 3 rings (SSSR count). The molecular formula is C17H11FN2O3S2. The minimum absolute atomic E-state index is 0.271. The minimum atomic E-state index is -3.67. The van der Waals surface area contributed by atoms with Gasteiger partial charge in [-0.25, -0.2) is 12.8 Å². The number of thiazole rings is 1. The summed E-state index contributed by atoms with van der Waals surface area (Å²) >= 11 is 0.948. The van der Waals surface area contributed by atoms with Crippen molar-refractivity contribution in [3.05, 3.63) is 68.9 Å². The highest BCUT2D eigenvalue weighted by atomic mass is 32.2. The number of halogens is 1. The van der Waals surface area contributed by atoms with Crippen molar-refractivity contribution < 1.29 is 12.8 Å². The third kappa shape index (κ3) is 3.24. The van der Waals surface area contributed by atoms with Crippen LogP contribution in [0.1, 0.15) is 5.56 Å². The Balaban J connectivity index is 2.15. The van der Waals surface area contributed by atoms with E-state index in [1.807, 2.05) is 6.07 Å². The first kappa shape index (κ1) is 17.1. The molecule has 0 bridgehead atoms. The van der Waals surface area contributed by atoms with Crippen molar-refractivity contribution in [3.63, 3.8) is 0 Å². The maximum atomic E-state index is 14.2. The molecule has 0 radical (unpaired) electrons. The first-order valence-electron chi connectivity index (χ1n) is 7.02. The molecule has 0 saturated carbocycles. The summed E-state index contributed by atoms with van der Waals surface area (Å²) in [4.78, 5) is 11.5. The van der Waals surface area contributed by atoms with Crippen LogP contribution in [0.4, 0.5) is 4.39 Å². The molecule has 2 aromatic carbocycles. The van der Waals surface area contributed by atoms with Gasteiger partial charge in [0, 0.05) is 17.2 Å². The zero-order valence-corrected chi connectivity index (χ0v) is 14.6. The normalized spacial score (nSPS) is 11.2. The van der Waals surface area contributed by atoms with E-state index in [1.165, 1.54) is 16.7 Å². The fraction of sp³-hybridized carbons (Fsp3) is 0.0588. The molecule has 8 heteroatoms. The van der Waals surface area contributed by atoms with Crippen LogP contribution >= 0.6 is 11.3 Å². The number of hydrogen-bond donors (Lipinski definition) is 0.